The lowest BCUT2D eigenvalue weighted by molar-refractivity contribution is -0.141. The van der Waals surface area contributed by atoms with Gasteiger partial charge in [0.2, 0.25) is 0 Å². The number of hydrogen-bond donors (Lipinski definition) is 2. The van der Waals surface area contributed by atoms with Crippen molar-refractivity contribution in [3.63, 3.8) is 0 Å². The van der Waals surface area contributed by atoms with Gasteiger partial charge in [0.15, 0.2) is 0 Å². The van der Waals surface area contributed by atoms with E-state index in [1.54, 1.807) is 0 Å². The fraction of sp³-hybridized carbons (Fsp3) is 0.900. The molecule has 0 aromatic heterocycles. The standard InChI is InChI=1S/C10H21NO3/c1-4-9(12)5-6-11-8(2)7-10(13)14-3/h8-9,11-12H,4-7H2,1-3H3. The lowest BCUT2D eigenvalue weighted by atomic mass is 10.2. The number of carbonyl (C=O) groups is 1. The Bertz CT molecular complexity index is 161. The average Bonchev–Trinajstić information content (AvgIpc) is 2.17. The maximum Gasteiger partial charge on any atom is 0.307 e. The van der Waals surface area contributed by atoms with Gasteiger partial charge in [0.05, 0.1) is 19.6 Å². The van der Waals surface area contributed by atoms with Crippen LogP contribution in [0, 0.1) is 0 Å². The molecule has 84 valence electrons. The molecule has 0 aliphatic carbocycles. The molecule has 0 fully saturated rings. The first-order valence-corrected chi connectivity index (χ1v) is 5.08. The molecular weight excluding hydrogens is 182 g/mol. The molecule has 0 aromatic rings. The second-order valence-corrected chi connectivity index (χ2v) is 3.49. The minimum Gasteiger partial charge on any atom is -0.469 e. The first kappa shape index (κ1) is 13.4. The molecule has 0 radical (unpaired) electrons. The summed E-state index contributed by atoms with van der Waals surface area (Å²) >= 11 is 0. The normalized spacial score (nSPS) is 14.9. The Kier molecular flexibility index (Phi) is 7.42. The van der Waals surface area contributed by atoms with Crippen LogP contribution in [0.15, 0.2) is 0 Å². The molecule has 14 heavy (non-hydrogen) atoms. The Morgan fingerprint density at radius 2 is 2.21 bits per heavy atom. The number of aliphatic hydroxyl groups is 1. The molecule has 2 atom stereocenters. The highest BCUT2D eigenvalue weighted by Crippen LogP contribution is 1.97. The second-order valence-electron chi connectivity index (χ2n) is 3.49. The van der Waals surface area contributed by atoms with E-state index >= 15 is 0 Å². The van der Waals surface area contributed by atoms with Gasteiger partial charge in [0, 0.05) is 6.04 Å². The molecule has 2 N–H and O–H groups in total. The summed E-state index contributed by atoms with van der Waals surface area (Å²) in [5.74, 6) is -0.207. The average molecular weight is 203 g/mol. The molecule has 0 saturated heterocycles. The number of aliphatic hydroxyl groups excluding tert-OH is 1. The number of ether oxygens (including phenoxy) is 1. The molecule has 0 spiro atoms. The van der Waals surface area contributed by atoms with Crippen LogP contribution in [0.1, 0.15) is 33.1 Å². The van der Waals surface area contributed by atoms with Gasteiger partial charge in [0.25, 0.3) is 0 Å². The summed E-state index contributed by atoms with van der Waals surface area (Å²) < 4.78 is 4.54. The number of rotatable bonds is 7. The lowest BCUT2D eigenvalue weighted by Gasteiger charge is -2.13. The van der Waals surface area contributed by atoms with Crippen molar-refractivity contribution >= 4 is 5.97 Å². The molecule has 2 unspecified atom stereocenters. The van der Waals surface area contributed by atoms with Crippen molar-refractivity contribution in [2.45, 2.75) is 45.3 Å². The Morgan fingerprint density at radius 3 is 2.71 bits per heavy atom. The Morgan fingerprint density at radius 1 is 1.57 bits per heavy atom. The first-order valence-electron chi connectivity index (χ1n) is 5.08. The molecule has 4 heteroatoms. The van der Waals surface area contributed by atoms with Crippen LogP contribution in [0.4, 0.5) is 0 Å². The zero-order chi connectivity index (χ0) is 11.0. The highest BCUT2D eigenvalue weighted by atomic mass is 16.5. The summed E-state index contributed by atoms with van der Waals surface area (Å²) in [4.78, 5) is 10.9. The number of nitrogens with one attached hydrogen (secondary N) is 1. The summed E-state index contributed by atoms with van der Waals surface area (Å²) in [5, 5.41) is 12.4. The topological polar surface area (TPSA) is 58.6 Å². The number of esters is 1. The van der Waals surface area contributed by atoms with Crippen LogP contribution in [-0.2, 0) is 9.53 Å². The molecule has 0 aromatic carbocycles. The van der Waals surface area contributed by atoms with E-state index in [1.165, 1.54) is 7.11 Å². The predicted octanol–water partition coefficient (Wildman–Crippen LogP) is 0.689. The summed E-state index contributed by atoms with van der Waals surface area (Å²) in [5.41, 5.74) is 0. The largest absolute Gasteiger partial charge is 0.469 e. The maximum atomic E-state index is 10.9. The molecule has 0 amide bonds. The molecule has 0 aliphatic rings. The molecule has 0 aliphatic heterocycles. The summed E-state index contributed by atoms with van der Waals surface area (Å²) in [6, 6.07) is 0.103. The van der Waals surface area contributed by atoms with E-state index in [9.17, 15) is 9.90 Å². The zero-order valence-corrected chi connectivity index (χ0v) is 9.25. The SMILES string of the molecule is CCC(O)CCNC(C)CC(=O)OC. The monoisotopic (exact) mass is 203 g/mol. The van der Waals surface area contributed by atoms with Gasteiger partial charge in [0.1, 0.15) is 0 Å². The van der Waals surface area contributed by atoms with E-state index < -0.39 is 0 Å². The van der Waals surface area contributed by atoms with Crippen LogP contribution in [0.3, 0.4) is 0 Å². The molecule has 0 bridgehead atoms. The van der Waals surface area contributed by atoms with Gasteiger partial charge in [-0.3, -0.25) is 4.79 Å². The summed E-state index contributed by atoms with van der Waals surface area (Å²) in [6.07, 6.45) is 1.63. The fourth-order valence-electron chi connectivity index (χ4n) is 1.11. The Balaban J connectivity index is 3.44. The van der Waals surface area contributed by atoms with E-state index in [-0.39, 0.29) is 18.1 Å². The fourth-order valence-corrected chi connectivity index (χ4v) is 1.11. The van der Waals surface area contributed by atoms with Crippen molar-refractivity contribution in [2.24, 2.45) is 0 Å². The molecular formula is C10H21NO3. The molecule has 0 rings (SSSR count). The van der Waals surface area contributed by atoms with Crippen molar-refractivity contribution in [3.8, 4) is 0 Å². The van der Waals surface area contributed by atoms with E-state index in [0.29, 0.717) is 6.42 Å². The van der Waals surface area contributed by atoms with Gasteiger partial charge in [-0.25, -0.2) is 0 Å². The van der Waals surface area contributed by atoms with Crippen LogP contribution in [0.25, 0.3) is 0 Å². The van der Waals surface area contributed by atoms with Gasteiger partial charge >= 0.3 is 5.97 Å². The zero-order valence-electron chi connectivity index (χ0n) is 9.25. The van der Waals surface area contributed by atoms with Gasteiger partial charge in [-0.05, 0) is 26.3 Å². The first-order chi connectivity index (χ1) is 6.60. The van der Waals surface area contributed by atoms with Gasteiger partial charge in [-0.1, -0.05) is 6.92 Å². The van der Waals surface area contributed by atoms with Crippen molar-refractivity contribution in [1.82, 2.24) is 5.32 Å². The van der Waals surface area contributed by atoms with Gasteiger partial charge in [-0.15, -0.1) is 0 Å². The third-order valence-electron chi connectivity index (χ3n) is 2.14. The van der Waals surface area contributed by atoms with Gasteiger partial charge < -0.3 is 15.2 Å². The Hall–Kier alpha value is -0.610. The molecule has 0 heterocycles. The van der Waals surface area contributed by atoms with E-state index in [0.717, 1.165) is 19.4 Å². The van der Waals surface area contributed by atoms with E-state index in [2.05, 4.69) is 10.1 Å². The van der Waals surface area contributed by atoms with E-state index in [4.69, 9.17) is 0 Å². The Labute approximate surface area is 85.6 Å². The molecule has 0 saturated carbocycles. The van der Waals surface area contributed by atoms with Crippen molar-refractivity contribution in [2.75, 3.05) is 13.7 Å². The van der Waals surface area contributed by atoms with Crippen molar-refractivity contribution in [1.29, 1.82) is 0 Å². The smallest absolute Gasteiger partial charge is 0.307 e. The van der Waals surface area contributed by atoms with Crippen LogP contribution in [0.2, 0.25) is 0 Å². The van der Waals surface area contributed by atoms with Crippen LogP contribution in [0.5, 0.6) is 0 Å². The van der Waals surface area contributed by atoms with Crippen molar-refractivity contribution < 1.29 is 14.6 Å². The summed E-state index contributed by atoms with van der Waals surface area (Å²) in [7, 11) is 1.38. The quantitative estimate of drug-likeness (QED) is 0.598. The molecule has 4 nitrogen and oxygen atoms in total. The highest BCUT2D eigenvalue weighted by Gasteiger charge is 2.08. The minimum atomic E-state index is -0.243. The maximum absolute atomic E-state index is 10.9. The number of carbonyl (C=O) groups excluding carboxylic acids is 1. The third-order valence-corrected chi connectivity index (χ3v) is 2.14. The van der Waals surface area contributed by atoms with Gasteiger partial charge in [-0.2, -0.15) is 0 Å². The van der Waals surface area contributed by atoms with Crippen LogP contribution in [-0.4, -0.2) is 36.9 Å². The minimum absolute atomic E-state index is 0.103. The number of hydrogen-bond acceptors (Lipinski definition) is 4. The van der Waals surface area contributed by atoms with Crippen molar-refractivity contribution in [3.05, 3.63) is 0 Å². The van der Waals surface area contributed by atoms with Crippen LogP contribution >= 0.6 is 0 Å². The third kappa shape index (κ3) is 6.86. The van der Waals surface area contributed by atoms with E-state index in [1.807, 2.05) is 13.8 Å². The van der Waals surface area contributed by atoms with Crippen LogP contribution < -0.4 is 5.32 Å². The summed E-state index contributed by atoms with van der Waals surface area (Å²) in [6.45, 7) is 4.60. The highest BCUT2D eigenvalue weighted by molar-refractivity contribution is 5.69. The second kappa shape index (κ2) is 7.76. The number of methoxy groups -OCH3 is 1. The predicted molar refractivity (Wildman–Crippen MR) is 55.0 cm³/mol. The lowest BCUT2D eigenvalue weighted by Crippen LogP contribution is -2.31.